The zero-order valence-electron chi connectivity index (χ0n) is 11.4. The van der Waals surface area contributed by atoms with Gasteiger partial charge in [0.1, 0.15) is 0 Å². The van der Waals surface area contributed by atoms with Crippen LogP contribution in [0.5, 0.6) is 0 Å². The minimum absolute atomic E-state index is 0.886. The maximum Gasteiger partial charge on any atom is 0.0462 e. The summed E-state index contributed by atoms with van der Waals surface area (Å²) in [5, 5.41) is 3.50. The van der Waals surface area contributed by atoms with Gasteiger partial charge in [-0.25, -0.2) is 0 Å². The van der Waals surface area contributed by atoms with Crippen LogP contribution in [0.4, 0.5) is 0 Å². The van der Waals surface area contributed by atoms with Crippen LogP contribution < -0.4 is 5.32 Å². The van der Waals surface area contributed by atoms with Crippen LogP contribution in [0.25, 0.3) is 0 Å². The Balaban J connectivity index is 2.14. The Bertz CT molecular complexity index is 323. The van der Waals surface area contributed by atoms with E-state index in [-0.39, 0.29) is 0 Å². The van der Waals surface area contributed by atoms with Crippen molar-refractivity contribution in [3.63, 3.8) is 0 Å². The fourth-order valence-corrected chi connectivity index (χ4v) is 1.94. The molecular weight excluding hydrogens is 210 g/mol. The van der Waals surface area contributed by atoms with Gasteiger partial charge in [0.05, 0.1) is 0 Å². The Morgan fingerprint density at radius 1 is 1.12 bits per heavy atom. The van der Waals surface area contributed by atoms with Crippen molar-refractivity contribution in [1.29, 1.82) is 0 Å². The van der Waals surface area contributed by atoms with Gasteiger partial charge in [-0.1, -0.05) is 23.8 Å². The summed E-state index contributed by atoms with van der Waals surface area (Å²) in [7, 11) is 1.76. The van der Waals surface area contributed by atoms with Gasteiger partial charge < -0.3 is 10.1 Å². The smallest absolute Gasteiger partial charge is 0.0462 e. The molecule has 1 aromatic rings. The molecule has 0 aliphatic heterocycles. The highest BCUT2D eigenvalue weighted by atomic mass is 16.5. The summed E-state index contributed by atoms with van der Waals surface area (Å²) in [6, 6.07) is 6.65. The number of benzene rings is 1. The lowest BCUT2D eigenvalue weighted by atomic mass is 10.1. The molecule has 0 amide bonds. The fourth-order valence-electron chi connectivity index (χ4n) is 1.94. The van der Waals surface area contributed by atoms with Crippen LogP contribution in [0.15, 0.2) is 18.2 Å². The minimum atomic E-state index is 0.886. The average Bonchev–Trinajstić information content (AvgIpc) is 2.30. The Kier molecular flexibility index (Phi) is 6.90. The van der Waals surface area contributed by atoms with E-state index in [9.17, 15) is 0 Å². The molecule has 0 radical (unpaired) electrons. The second-order valence-corrected chi connectivity index (χ2v) is 4.66. The summed E-state index contributed by atoms with van der Waals surface area (Å²) < 4.78 is 5.02. The Hall–Kier alpha value is -0.860. The third-order valence-corrected chi connectivity index (χ3v) is 3.02. The lowest BCUT2D eigenvalue weighted by molar-refractivity contribution is 0.192. The predicted molar refractivity (Wildman–Crippen MR) is 73.3 cm³/mol. The lowest BCUT2D eigenvalue weighted by Gasteiger charge is -2.08. The minimum Gasteiger partial charge on any atom is -0.385 e. The fraction of sp³-hybridized carbons (Fsp3) is 0.600. The molecule has 1 N–H and O–H groups in total. The summed E-state index contributed by atoms with van der Waals surface area (Å²) in [4.78, 5) is 0. The third-order valence-electron chi connectivity index (χ3n) is 3.02. The molecule has 0 aliphatic carbocycles. The highest BCUT2D eigenvalue weighted by molar-refractivity contribution is 5.30. The van der Waals surface area contributed by atoms with Gasteiger partial charge in [-0.05, 0) is 50.8 Å². The molecule has 0 bridgehead atoms. The number of nitrogens with one attached hydrogen (secondary N) is 1. The van der Waals surface area contributed by atoms with Crippen LogP contribution in [0.1, 0.15) is 36.0 Å². The van der Waals surface area contributed by atoms with Crippen LogP contribution in [0.2, 0.25) is 0 Å². The number of rotatable bonds is 8. The molecule has 1 aromatic carbocycles. The standard InChI is InChI=1S/C15H25NO/c1-13-7-8-15(14(2)11-13)12-16-9-5-4-6-10-17-3/h7-8,11,16H,4-6,9-10,12H2,1-3H3. The van der Waals surface area contributed by atoms with Crippen molar-refractivity contribution in [1.82, 2.24) is 5.32 Å². The van der Waals surface area contributed by atoms with E-state index in [1.54, 1.807) is 7.11 Å². The van der Waals surface area contributed by atoms with Gasteiger partial charge in [-0.15, -0.1) is 0 Å². The first kappa shape index (κ1) is 14.2. The second-order valence-electron chi connectivity index (χ2n) is 4.66. The first-order valence-corrected chi connectivity index (χ1v) is 6.50. The van der Waals surface area contributed by atoms with Gasteiger partial charge in [-0.2, -0.15) is 0 Å². The van der Waals surface area contributed by atoms with Gasteiger partial charge in [0.15, 0.2) is 0 Å². The molecule has 0 spiro atoms. The van der Waals surface area contributed by atoms with Crippen molar-refractivity contribution in [3.05, 3.63) is 34.9 Å². The topological polar surface area (TPSA) is 21.3 Å². The Morgan fingerprint density at radius 2 is 1.94 bits per heavy atom. The number of unbranched alkanes of at least 4 members (excludes halogenated alkanes) is 2. The molecule has 17 heavy (non-hydrogen) atoms. The molecule has 0 atom stereocenters. The summed E-state index contributed by atoms with van der Waals surface area (Å²) in [6.07, 6.45) is 3.64. The first-order chi connectivity index (χ1) is 8.24. The Labute approximate surface area is 105 Å². The number of methoxy groups -OCH3 is 1. The number of aryl methyl sites for hydroxylation is 2. The quantitative estimate of drug-likeness (QED) is 0.699. The molecule has 0 fully saturated rings. The van der Waals surface area contributed by atoms with Gasteiger partial charge in [0.2, 0.25) is 0 Å². The van der Waals surface area contributed by atoms with Crippen molar-refractivity contribution < 1.29 is 4.74 Å². The molecule has 2 nitrogen and oxygen atoms in total. The molecular formula is C15H25NO. The molecule has 0 heterocycles. The lowest BCUT2D eigenvalue weighted by Crippen LogP contribution is -2.15. The number of ether oxygens (including phenoxy) is 1. The molecule has 0 saturated carbocycles. The van der Waals surface area contributed by atoms with Crippen molar-refractivity contribution in [3.8, 4) is 0 Å². The van der Waals surface area contributed by atoms with Crippen LogP contribution in [0, 0.1) is 13.8 Å². The van der Waals surface area contributed by atoms with Crippen molar-refractivity contribution in [2.45, 2.75) is 39.7 Å². The van der Waals surface area contributed by atoms with Gasteiger partial charge in [0.25, 0.3) is 0 Å². The van der Waals surface area contributed by atoms with E-state index < -0.39 is 0 Å². The van der Waals surface area contributed by atoms with Crippen molar-refractivity contribution in [2.24, 2.45) is 0 Å². The van der Waals surface area contributed by atoms with E-state index in [1.807, 2.05) is 0 Å². The van der Waals surface area contributed by atoms with E-state index >= 15 is 0 Å². The largest absolute Gasteiger partial charge is 0.385 e. The molecule has 1 rings (SSSR count). The SMILES string of the molecule is COCCCCCNCc1ccc(C)cc1C. The number of hydrogen-bond acceptors (Lipinski definition) is 2. The van der Waals surface area contributed by atoms with E-state index in [2.05, 4.69) is 37.4 Å². The van der Waals surface area contributed by atoms with E-state index in [1.165, 1.54) is 36.0 Å². The highest BCUT2D eigenvalue weighted by Crippen LogP contribution is 2.10. The number of hydrogen-bond donors (Lipinski definition) is 1. The summed E-state index contributed by atoms with van der Waals surface area (Å²) in [5.41, 5.74) is 4.13. The molecule has 0 aromatic heterocycles. The second kappa shape index (κ2) is 8.26. The van der Waals surface area contributed by atoms with Gasteiger partial charge in [-0.3, -0.25) is 0 Å². The summed E-state index contributed by atoms with van der Waals surface area (Å²) >= 11 is 0. The first-order valence-electron chi connectivity index (χ1n) is 6.50. The molecule has 0 unspecified atom stereocenters. The van der Waals surface area contributed by atoms with E-state index in [0.717, 1.165) is 19.7 Å². The molecule has 0 aliphatic rings. The predicted octanol–water partition coefficient (Wildman–Crippen LogP) is 3.21. The van der Waals surface area contributed by atoms with E-state index in [4.69, 9.17) is 4.74 Å². The van der Waals surface area contributed by atoms with Crippen molar-refractivity contribution >= 4 is 0 Å². The normalized spacial score (nSPS) is 10.8. The maximum atomic E-state index is 5.02. The van der Waals surface area contributed by atoms with Crippen molar-refractivity contribution in [2.75, 3.05) is 20.3 Å². The molecule has 2 heteroatoms. The monoisotopic (exact) mass is 235 g/mol. The van der Waals surface area contributed by atoms with E-state index in [0.29, 0.717) is 0 Å². The maximum absolute atomic E-state index is 5.02. The Morgan fingerprint density at radius 3 is 2.65 bits per heavy atom. The highest BCUT2D eigenvalue weighted by Gasteiger charge is 1.97. The van der Waals surface area contributed by atoms with Gasteiger partial charge >= 0.3 is 0 Å². The molecule has 0 saturated heterocycles. The van der Waals surface area contributed by atoms with Gasteiger partial charge in [0, 0.05) is 20.3 Å². The molecule has 96 valence electrons. The summed E-state index contributed by atoms with van der Waals surface area (Å²) in [6.45, 7) is 7.28. The van der Waals surface area contributed by atoms with Crippen LogP contribution >= 0.6 is 0 Å². The van der Waals surface area contributed by atoms with Crippen LogP contribution in [0.3, 0.4) is 0 Å². The third kappa shape index (κ3) is 5.85. The zero-order valence-corrected chi connectivity index (χ0v) is 11.4. The van der Waals surface area contributed by atoms with Crippen LogP contribution in [-0.2, 0) is 11.3 Å². The zero-order chi connectivity index (χ0) is 12.5. The summed E-state index contributed by atoms with van der Waals surface area (Å²) in [5.74, 6) is 0. The van der Waals surface area contributed by atoms with Crippen LogP contribution in [-0.4, -0.2) is 20.3 Å². The average molecular weight is 235 g/mol.